The molecule has 0 unspecified atom stereocenters. The maximum Gasteiger partial charge on any atom is 0.153 e. The quantitative estimate of drug-likeness (QED) is 0.780. The highest BCUT2D eigenvalue weighted by Crippen LogP contribution is 2.25. The molecular formula is C17H15BrO2. The zero-order valence-corrected chi connectivity index (χ0v) is 12.7. The topological polar surface area (TPSA) is 26.3 Å². The van der Waals surface area contributed by atoms with E-state index < -0.39 is 0 Å². The summed E-state index contributed by atoms with van der Waals surface area (Å²) in [6.45, 7) is 0.496. The summed E-state index contributed by atoms with van der Waals surface area (Å²) in [7, 11) is 0. The number of carbonyl (C=O) groups is 1. The molecule has 1 aliphatic rings. The molecular weight excluding hydrogens is 316 g/mol. The summed E-state index contributed by atoms with van der Waals surface area (Å²) in [6, 6.07) is 12.0. The average molecular weight is 331 g/mol. The highest BCUT2D eigenvalue weighted by Gasteiger charge is 2.11. The van der Waals surface area contributed by atoms with Crippen molar-refractivity contribution in [2.24, 2.45) is 0 Å². The third-order valence-corrected chi connectivity index (χ3v) is 4.15. The summed E-state index contributed by atoms with van der Waals surface area (Å²) in [6.07, 6.45) is 4.43. The molecule has 1 aliphatic carbocycles. The van der Waals surface area contributed by atoms with Gasteiger partial charge < -0.3 is 4.74 Å². The lowest BCUT2D eigenvalue weighted by molar-refractivity contribution is 0.111. The summed E-state index contributed by atoms with van der Waals surface area (Å²) < 4.78 is 6.66. The van der Waals surface area contributed by atoms with Crippen LogP contribution in [0.15, 0.2) is 40.9 Å². The molecule has 0 radical (unpaired) electrons. The van der Waals surface area contributed by atoms with Gasteiger partial charge in [0.15, 0.2) is 6.29 Å². The van der Waals surface area contributed by atoms with Crippen LogP contribution in [-0.2, 0) is 19.4 Å². The molecule has 0 aromatic heterocycles. The van der Waals surface area contributed by atoms with Gasteiger partial charge in [-0.2, -0.15) is 0 Å². The first-order valence-corrected chi connectivity index (χ1v) is 7.54. The van der Waals surface area contributed by atoms with Crippen molar-refractivity contribution >= 4 is 22.2 Å². The average Bonchev–Trinajstić information content (AvgIpc) is 2.93. The van der Waals surface area contributed by atoms with E-state index in [2.05, 4.69) is 34.1 Å². The molecule has 0 amide bonds. The Morgan fingerprint density at radius 1 is 1.10 bits per heavy atom. The molecule has 3 heteroatoms. The van der Waals surface area contributed by atoms with Crippen LogP contribution < -0.4 is 4.74 Å². The molecule has 0 saturated heterocycles. The maximum atomic E-state index is 11.0. The van der Waals surface area contributed by atoms with Gasteiger partial charge in [-0.3, -0.25) is 4.79 Å². The molecule has 0 fully saturated rings. The number of rotatable bonds is 4. The minimum absolute atomic E-state index is 0.496. The standard InChI is InChI=1S/C17H15BrO2/c18-16-6-7-17(15(9-16)10-19)20-11-12-4-5-13-2-1-3-14(13)8-12/h4-10H,1-3,11H2. The summed E-state index contributed by atoms with van der Waals surface area (Å²) in [5, 5.41) is 0. The zero-order chi connectivity index (χ0) is 13.9. The number of benzene rings is 2. The van der Waals surface area contributed by atoms with Gasteiger partial charge in [0, 0.05) is 4.47 Å². The van der Waals surface area contributed by atoms with E-state index >= 15 is 0 Å². The van der Waals surface area contributed by atoms with E-state index in [1.807, 2.05) is 12.1 Å². The van der Waals surface area contributed by atoms with Gasteiger partial charge in [0.05, 0.1) is 5.56 Å². The number of carbonyl (C=O) groups excluding carboxylic acids is 1. The minimum atomic E-state index is 0.496. The SMILES string of the molecule is O=Cc1cc(Br)ccc1OCc1ccc2c(c1)CCC2. The van der Waals surface area contributed by atoms with Crippen LogP contribution >= 0.6 is 15.9 Å². The van der Waals surface area contributed by atoms with Gasteiger partial charge in [-0.1, -0.05) is 34.1 Å². The minimum Gasteiger partial charge on any atom is -0.488 e. The maximum absolute atomic E-state index is 11.0. The number of halogens is 1. The molecule has 2 aromatic rings. The van der Waals surface area contributed by atoms with Crippen LogP contribution in [0.4, 0.5) is 0 Å². The number of aldehydes is 1. The second-order valence-electron chi connectivity index (χ2n) is 5.05. The predicted molar refractivity (Wildman–Crippen MR) is 82.3 cm³/mol. The second-order valence-corrected chi connectivity index (χ2v) is 5.96. The number of ether oxygens (including phenoxy) is 1. The third kappa shape index (κ3) is 2.78. The van der Waals surface area contributed by atoms with Crippen LogP contribution in [0.1, 0.15) is 33.5 Å². The molecule has 0 N–H and O–H groups in total. The van der Waals surface area contributed by atoms with E-state index in [9.17, 15) is 4.79 Å². The van der Waals surface area contributed by atoms with Crippen molar-refractivity contribution in [3.05, 3.63) is 63.1 Å². The fourth-order valence-electron chi connectivity index (χ4n) is 2.62. The van der Waals surface area contributed by atoms with Gasteiger partial charge in [0.25, 0.3) is 0 Å². The second kappa shape index (κ2) is 5.80. The molecule has 3 rings (SSSR count). The largest absolute Gasteiger partial charge is 0.488 e. The van der Waals surface area contributed by atoms with Gasteiger partial charge in [0.1, 0.15) is 12.4 Å². The highest BCUT2D eigenvalue weighted by molar-refractivity contribution is 9.10. The van der Waals surface area contributed by atoms with Gasteiger partial charge >= 0.3 is 0 Å². The first kappa shape index (κ1) is 13.4. The van der Waals surface area contributed by atoms with Crippen LogP contribution in [0.2, 0.25) is 0 Å². The van der Waals surface area contributed by atoms with E-state index in [1.54, 1.807) is 6.07 Å². The molecule has 2 aromatic carbocycles. The first-order valence-electron chi connectivity index (χ1n) is 6.74. The number of fused-ring (bicyclic) bond motifs is 1. The zero-order valence-electron chi connectivity index (χ0n) is 11.1. The third-order valence-electron chi connectivity index (χ3n) is 3.66. The van der Waals surface area contributed by atoms with Crippen LogP contribution in [0.5, 0.6) is 5.75 Å². The molecule has 0 aliphatic heterocycles. The number of hydrogen-bond donors (Lipinski definition) is 0. The Kier molecular flexibility index (Phi) is 3.88. The molecule has 0 heterocycles. The van der Waals surface area contributed by atoms with E-state index in [0.29, 0.717) is 17.9 Å². The number of hydrogen-bond acceptors (Lipinski definition) is 2. The van der Waals surface area contributed by atoms with Crippen molar-refractivity contribution in [2.45, 2.75) is 25.9 Å². The van der Waals surface area contributed by atoms with Crippen molar-refractivity contribution in [3.63, 3.8) is 0 Å². The highest BCUT2D eigenvalue weighted by atomic mass is 79.9. The van der Waals surface area contributed by atoms with E-state index in [4.69, 9.17) is 4.74 Å². The van der Waals surface area contributed by atoms with Crippen LogP contribution in [0.25, 0.3) is 0 Å². The number of aryl methyl sites for hydroxylation is 2. The molecule has 0 bridgehead atoms. The Morgan fingerprint density at radius 3 is 2.80 bits per heavy atom. The Balaban J connectivity index is 1.75. The predicted octanol–water partition coefficient (Wildman–Crippen LogP) is 4.33. The molecule has 2 nitrogen and oxygen atoms in total. The summed E-state index contributed by atoms with van der Waals surface area (Å²) in [4.78, 5) is 11.0. The Labute approximate surface area is 126 Å². The lowest BCUT2D eigenvalue weighted by Gasteiger charge is -2.10. The lowest BCUT2D eigenvalue weighted by Crippen LogP contribution is -1.99. The van der Waals surface area contributed by atoms with Crippen molar-refractivity contribution in [1.82, 2.24) is 0 Å². The van der Waals surface area contributed by atoms with Gasteiger partial charge in [-0.05, 0) is 54.2 Å². The lowest BCUT2D eigenvalue weighted by atomic mass is 10.1. The Hall–Kier alpha value is -1.61. The van der Waals surface area contributed by atoms with E-state index in [-0.39, 0.29) is 0 Å². The van der Waals surface area contributed by atoms with Crippen molar-refractivity contribution in [1.29, 1.82) is 0 Å². The van der Waals surface area contributed by atoms with E-state index in [1.165, 1.54) is 30.4 Å². The van der Waals surface area contributed by atoms with Crippen molar-refractivity contribution in [3.8, 4) is 5.75 Å². The molecule has 102 valence electrons. The summed E-state index contributed by atoms with van der Waals surface area (Å²) in [5.74, 6) is 0.628. The van der Waals surface area contributed by atoms with Crippen molar-refractivity contribution < 1.29 is 9.53 Å². The molecule has 0 saturated carbocycles. The molecule has 20 heavy (non-hydrogen) atoms. The van der Waals surface area contributed by atoms with Gasteiger partial charge in [0.2, 0.25) is 0 Å². The van der Waals surface area contributed by atoms with Crippen LogP contribution in [-0.4, -0.2) is 6.29 Å². The Bertz CT molecular complexity index is 649. The molecule has 0 atom stereocenters. The van der Waals surface area contributed by atoms with Crippen LogP contribution in [0, 0.1) is 0 Å². The van der Waals surface area contributed by atoms with Crippen molar-refractivity contribution in [2.75, 3.05) is 0 Å². The van der Waals surface area contributed by atoms with Gasteiger partial charge in [-0.15, -0.1) is 0 Å². The summed E-state index contributed by atoms with van der Waals surface area (Å²) in [5.41, 5.74) is 4.63. The van der Waals surface area contributed by atoms with E-state index in [0.717, 1.165) is 16.3 Å². The monoisotopic (exact) mass is 330 g/mol. The fraction of sp³-hybridized carbons (Fsp3) is 0.235. The summed E-state index contributed by atoms with van der Waals surface area (Å²) >= 11 is 3.35. The Morgan fingerprint density at radius 2 is 1.95 bits per heavy atom. The fourth-order valence-corrected chi connectivity index (χ4v) is 3.00. The normalized spacial score (nSPS) is 13.1. The van der Waals surface area contributed by atoms with Crippen LogP contribution in [0.3, 0.4) is 0 Å². The smallest absolute Gasteiger partial charge is 0.153 e. The first-order chi connectivity index (χ1) is 9.76. The molecule has 0 spiro atoms. The van der Waals surface area contributed by atoms with Gasteiger partial charge in [-0.25, -0.2) is 0 Å².